The Morgan fingerprint density at radius 3 is 2.57 bits per heavy atom. The van der Waals surface area contributed by atoms with E-state index in [1.165, 1.54) is 6.07 Å². The summed E-state index contributed by atoms with van der Waals surface area (Å²) in [5.41, 5.74) is 1.38. The molecule has 118 valence electrons. The lowest BCUT2D eigenvalue weighted by atomic mass is 9.83. The van der Waals surface area contributed by atoms with E-state index in [9.17, 15) is 13.2 Å². The van der Waals surface area contributed by atoms with E-state index >= 15 is 0 Å². The molecule has 0 amide bonds. The van der Waals surface area contributed by atoms with Crippen LogP contribution in [0.2, 0.25) is 0 Å². The molecule has 2 nitrogen and oxygen atoms in total. The van der Waals surface area contributed by atoms with E-state index in [2.05, 4.69) is 5.32 Å². The lowest BCUT2D eigenvalue weighted by molar-refractivity contribution is -0.139. The van der Waals surface area contributed by atoms with Gasteiger partial charge in [-0.1, -0.05) is 19.9 Å². The van der Waals surface area contributed by atoms with Crippen molar-refractivity contribution in [3.05, 3.63) is 34.4 Å². The van der Waals surface area contributed by atoms with Crippen LogP contribution in [0, 0.1) is 0 Å². The lowest BCUT2D eigenvalue weighted by Crippen LogP contribution is -2.29. The Kier molecular flexibility index (Phi) is 4.57. The van der Waals surface area contributed by atoms with E-state index in [-0.39, 0.29) is 37.0 Å². The lowest BCUT2D eigenvalue weighted by Gasteiger charge is -2.31. The highest BCUT2D eigenvalue weighted by atomic mass is 35.5. The molecule has 2 heterocycles. The van der Waals surface area contributed by atoms with Crippen molar-refractivity contribution < 1.29 is 17.9 Å². The maximum atomic E-state index is 13.3. The fourth-order valence-corrected chi connectivity index (χ4v) is 3.13. The van der Waals surface area contributed by atoms with E-state index in [1.807, 2.05) is 19.9 Å². The molecule has 1 N–H and O–H groups in total. The monoisotopic (exact) mass is 321 g/mol. The second kappa shape index (κ2) is 5.78. The molecule has 0 spiro atoms. The van der Waals surface area contributed by atoms with Gasteiger partial charge in [0.2, 0.25) is 0 Å². The minimum atomic E-state index is -4.32. The van der Waals surface area contributed by atoms with Gasteiger partial charge in [-0.25, -0.2) is 0 Å². The van der Waals surface area contributed by atoms with Crippen LogP contribution in [0.15, 0.2) is 12.1 Å². The molecule has 0 radical (unpaired) electrons. The molecule has 1 fully saturated rings. The van der Waals surface area contributed by atoms with Gasteiger partial charge < -0.3 is 10.1 Å². The van der Waals surface area contributed by atoms with E-state index in [0.29, 0.717) is 12.1 Å². The van der Waals surface area contributed by atoms with E-state index in [0.717, 1.165) is 17.7 Å². The summed E-state index contributed by atoms with van der Waals surface area (Å²) in [5.74, 6) is 0.121. The van der Waals surface area contributed by atoms with Crippen molar-refractivity contribution in [1.29, 1.82) is 0 Å². The Morgan fingerprint density at radius 1 is 1.24 bits per heavy atom. The first-order valence-electron chi connectivity index (χ1n) is 6.94. The van der Waals surface area contributed by atoms with Crippen LogP contribution in [-0.4, -0.2) is 19.2 Å². The largest absolute Gasteiger partial charge is 0.416 e. The molecule has 0 aliphatic carbocycles. The zero-order valence-corrected chi connectivity index (χ0v) is 12.8. The summed E-state index contributed by atoms with van der Waals surface area (Å²) in [6.45, 7) is 5.32. The Balaban J connectivity index is 0.00000161. The molecule has 0 aromatic heterocycles. The predicted molar refractivity (Wildman–Crippen MR) is 77.0 cm³/mol. The minimum Gasteiger partial charge on any atom is -0.372 e. The van der Waals surface area contributed by atoms with Crippen molar-refractivity contribution in [2.75, 3.05) is 13.1 Å². The quantitative estimate of drug-likeness (QED) is 0.848. The third-order valence-electron chi connectivity index (χ3n) is 4.28. The van der Waals surface area contributed by atoms with Gasteiger partial charge in [0.05, 0.1) is 18.3 Å². The number of hydrogen-bond acceptors (Lipinski definition) is 2. The first-order valence-corrected chi connectivity index (χ1v) is 6.94. The van der Waals surface area contributed by atoms with Crippen LogP contribution < -0.4 is 5.32 Å². The maximum Gasteiger partial charge on any atom is 0.416 e. The molecule has 2 aliphatic rings. The first kappa shape index (κ1) is 16.6. The van der Waals surface area contributed by atoms with Crippen molar-refractivity contribution in [3.63, 3.8) is 0 Å². The van der Waals surface area contributed by atoms with Crippen molar-refractivity contribution in [2.45, 2.75) is 44.6 Å². The summed E-state index contributed by atoms with van der Waals surface area (Å²) in [5, 5.41) is 3.21. The summed E-state index contributed by atoms with van der Waals surface area (Å²) in [4.78, 5) is 0. The van der Waals surface area contributed by atoms with Gasteiger partial charge in [-0.05, 0) is 28.7 Å². The van der Waals surface area contributed by atoms with Crippen LogP contribution in [-0.2, 0) is 17.5 Å². The topological polar surface area (TPSA) is 21.3 Å². The summed E-state index contributed by atoms with van der Waals surface area (Å²) in [6.07, 6.45) is -4.32. The van der Waals surface area contributed by atoms with Crippen LogP contribution in [0.25, 0.3) is 0 Å². The summed E-state index contributed by atoms with van der Waals surface area (Å²) in [6, 6.07) is 3.23. The predicted octanol–water partition coefficient (Wildman–Crippen LogP) is 3.84. The van der Waals surface area contributed by atoms with Gasteiger partial charge in [0, 0.05) is 19.0 Å². The standard InChI is InChI=1S/C15H18F3NO.ClH/c1-8(2)9-3-10-11-5-19-6-14(11)20-7-12(10)13(4-9)15(16,17)18;/h3-4,8,11,14,19H,5-7H2,1-2H3;1H/t11-,14-;/m0./s1. The van der Waals surface area contributed by atoms with Crippen molar-refractivity contribution >= 4 is 12.4 Å². The van der Waals surface area contributed by atoms with Crippen LogP contribution in [0.5, 0.6) is 0 Å². The van der Waals surface area contributed by atoms with Crippen molar-refractivity contribution in [3.8, 4) is 0 Å². The number of nitrogens with one attached hydrogen (secondary N) is 1. The van der Waals surface area contributed by atoms with E-state index in [1.54, 1.807) is 0 Å². The second-order valence-corrected chi connectivity index (χ2v) is 5.90. The van der Waals surface area contributed by atoms with Crippen LogP contribution in [0.1, 0.15) is 47.9 Å². The highest BCUT2D eigenvalue weighted by Crippen LogP contribution is 2.42. The van der Waals surface area contributed by atoms with Gasteiger partial charge in [-0.3, -0.25) is 0 Å². The SMILES string of the molecule is CC(C)c1cc2c(c(C(F)(F)F)c1)CO[C@H]1CNC[C@@H]21.Cl. The molecule has 0 unspecified atom stereocenters. The fraction of sp³-hybridized carbons (Fsp3) is 0.600. The van der Waals surface area contributed by atoms with Gasteiger partial charge in [0.1, 0.15) is 0 Å². The zero-order chi connectivity index (χ0) is 14.5. The number of ether oxygens (including phenoxy) is 1. The number of benzene rings is 1. The third-order valence-corrected chi connectivity index (χ3v) is 4.28. The Bertz CT molecular complexity index is 530. The molecule has 2 aliphatic heterocycles. The minimum absolute atomic E-state index is 0. The molecule has 6 heteroatoms. The normalized spacial score (nSPS) is 24.5. The molecule has 2 atom stereocenters. The van der Waals surface area contributed by atoms with Crippen LogP contribution >= 0.6 is 12.4 Å². The molecule has 0 bridgehead atoms. The van der Waals surface area contributed by atoms with Crippen LogP contribution in [0.4, 0.5) is 13.2 Å². The average molecular weight is 322 g/mol. The summed E-state index contributed by atoms with van der Waals surface area (Å²) < 4.78 is 45.5. The molecular formula is C15H19ClF3NO. The zero-order valence-electron chi connectivity index (χ0n) is 12.0. The molecule has 3 rings (SSSR count). The highest BCUT2D eigenvalue weighted by molar-refractivity contribution is 5.85. The number of halogens is 4. The van der Waals surface area contributed by atoms with Gasteiger partial charge in [-0.15, -0.1) is 12.4 Å². The number of alkyl halides is 3. The summed E-state index contributed by atoms with van der Waals surface area (Å²) in [7, 11) is 0. The summed E-state index contributed by atoms with van der Waals surface area (Å²) >= 11 is 0. The van der Waals surface area contributed by atoms with E-state index in [4.69, 9.17) is 4.74 Å². The van der Waals surface area contributed by atoms with Gasteiger partial charge in [0.15, 0.2) is 0 Å². The second-order valence-electron chi connectivity index (χ2n) is 5.90. The van der Waals surface area contributed by atoms with Gasteiger partial charge in [-0.2, -0.15) is 13.2 Å². The van der Waals surface area contributed by atoms with Crippen LogP contribution in [0.3, 0.4) is 0 Å². The number of rotatable bonds is 1. The smallest absolute Gasteiger partial charge is 0.372 e. The molecular weight excluding hydrogens is 303 g/mol. The van der Waals surface area contributed by atoms with Crippen molar-refractivity contribution in [2.24, 2.45) is 0 Å². The molecule has 1 aromatic rings. The number of fused-ring (bicyclic) bond motifs is 3. The molecule has 1 aromatic carbocycles. The molecule has 0 saturated carbocycles. The average Bonchev–Trinajstić information content (AvgIpc) is 2.84. The molecule has 21 heavy (non-hydrogen) atoms. The Hall–Kier alpha value is -0.780. The fourth-order valence-electron chi connectivity index (χ4n) is 3.13. The highest BCUT2D eigenvalue weighted by Gasteiger charge is 2.41. The Labute approximate surface area is 128 Å². The Morgan fingerprint density at radius 2 is 1.95 bits per heavy atom. The third kappa shape index (κ3) is 2.91. The van der Waals surface area contributed by atoms with E-state index < -0.39 is 11.7 Å². The first-order chi connectivity index (χ1) is 9.38. The number of hydrogen-bond donors (Lipinski definition) is 1. The van der Waals surface area contributed by atoms with Gasteiger partial charge >= 0.3 is 6.18 Å². The molecule has 1 saturated heterocycles. The van der Waals surface area contributed by atoms with Crippen molar-refractivity contribution in [1.82, 2.24) is 5.32 Å². The maximum absolute atomic E-state index is 13.3. The van der Waals surface area contributed by atoms with Gasteiger partial charge in [0.25, 0.3) is 0 Å².